The van der Waals surface area contributed by atoms with E-state index >= 15 is 0 Å². The largest absolute Gasteiger partial charge is 0.507 e. The maximum absolute atomic E-state index is 13.0. The van der Waals surface area contributed by atoms with Crippen LogP contribution in [-0.4, -0.2) is 60.7 Å². The van der Waals surface area contributed by atoms with Gasteiger partial charge in [-0.15, -0.1) is 0 Å². The average molecular weight is 438 g/mol. The molecule has 32 heavy (non-hydrogen) atoms. The quantitative estimate of drug-likeness (QED) is 0.587. The van der Waals surface area contributed by atoms with Gasteiger partial charge in [0.2, 0.25) is 11.2 Å². The molecule has 4 rings (SSSR count). The molecule has 0 atom stereocenters. The Hall–Kier alpha value is -3.36. The molecule has 1 fully saturated rings. The number of carbonyl (C=O) groups is 1. The minimum Gasteiger partial charge on any atom is -0.507 e. The molecule has 1 aliphatic heterocycles. The number of aromatic hydroxyl groups is 1. The summed E-state index contributed by atoms with van der Waals surface area (Å²) in [6, 6.07) is 9.38. The summed E-state index contributed by atoms with van der Waals surface area (Å²) in [5.74, 6) is 0.0958. The number of esters is 1. The van der Waals surface area contributed by atoms with Gasteiger partial charge >= 0.3 is 5.97 Å². The molecule has 1 aromatic heterocycles. The minimum absolute atomic E-state index is 0.0256. The molecule has 1 aliphatic rings. The van der Waals surface area contributed by atoms with Crippen LogP contribution in [0.2, 0.25) is 0 Å². The number of phenols is 1. The summed E-state index contributed by atoms with van der Waals surface area (Å²) < 4.78 is 16.4. The Kier molecular flexibility index (Phi) is 6.43. The summed E-state index contributed by atoms with van der Waals surface area (Å²) >= 11 is 0. The first-order chi connectivity index (χ1) is 15.5. The van der Waals surface area contributed by atoms with Crippen molar-refractivity contribution in [1.82, 2.24) is 9.80 Å². The summed E-state index contributed by atoms with van der Waals surface area (Å²) in [6.45, 7) is 6.17. The predicted octanol–water partition coefficient (Wildman–Crippen LogP) is 3.22. The van der Waals surface area contributed by atoms with Crippen LogP contribution in [0.3, 0.4) is 0 Å². The van der Waals surface area contributed by atoms with E-state index in [9.17, 15) is 14.7 Å². The number of ether oxygens (including phenoxy) is 2. The molecule has 0 amide bonds. The first-order valence-corrected chi connectivity index (χ1v) is 10.6. The summed E-state index contributed by atoms with van der Waals surface area (Å²) in [5.41, 5.74) is 1.02. The van der Waals surface area contributed by atoms with Crippen molar-refractivity contribution < 1.29 is 23.8 Å². The summed E-state index contributed by atoms with van der Waals surface area (Å²) in [4.78, 5) is 29.3. The number of benzene rings is 2. The van der Waals surface area contributed by atoms with Gasteiger partial charge in [0.05, 0.1) is 23.1 Å². The van der Waals surface area contributed by atoms with Crippen molar-refractivity contribution >= 4 is 16.9 Å². The van der Waals surface area contributed by atoms with Crippen molar-refractivity contribution in [2.75, 3.05) is 39.8 Å². The van der Waals surface area contributed by atoms with Gasteiger partial charge in [0, 0.05) is 32.7 Å². The van der Waals surface area contributed by atoms with Crippen LogP contribution in [0.25, 0.3) is 11.0 Å². The maximum Gasteiger partial charge on any atom is 0.338 e. The fraction of sp³-hybridized carbons (Fsp3) is 0.333. The van der Waals surface area contributed by atoms with Gasteiger partial charge in [-0.25, -0.2) is 4.79 Å². The molecule has 0 unspecified atom stereocenters. The zero-order chi connectivity index (χ0) is 22.7. The lowest BCUT2D eigenvalue weighted by atomic mass is 10.1. The lowest BCUT2D eigenvalue weighted by Crippen LogP contribution is -2.43. The molecule has 8 heteroatoms. The van der Waals surface area contributed by atoms with Crippen LogP contribution in [-0.2, 0) is 11.3 Å². The predicted molar refractivity (Wildman–Crippen MR) is 119 cm³/mol. The Bertz CT molecular complexity index is 1160. The number of piperazine rings is 1. The molecule has 168 valence electrons. The van der Waals surface area contributed by atoms with E-state index in [1.165, 1.54) is 12.3 Å². The lowest BCUT2D eigenvalue weighted by Gasteiger charge is -2.32. The molecule has 3 aromatic rings. The highest BCUT2D eigenvalue weighted by molar-refractivity contribution is 5.89. The second-order valence-electron chi connectivity index (χ2n) is 7.80. The standard InChI is InChI=1S/C24H26N2O6/c1-3-30-24(29)16-4-6-17(7-5-16)32-21-15-31-23-18(22(21)28)8-9-20(27)19(23)14-26-12-10-25(2)11-13-26/h4-9,15,27H,3,10-14H2,1-2H3. The van der Waals surface area contributed by atoms with Crippen LogP contribution in [0.1, 0.15) is 22.8 Å². The summed E-state index contributed by atoms with van der Waals surface area (Å²) in [7, 11) is 2.08. The molecule has 2 aromatic carbocycles. The topological polar surface area (TPSA) is 92.5 Å². The Morgan fingerprint density at radius 2 is 1.81 bits per heavy atom. The van der Waals surface area contributed by atoms with Gasteiger partial charge in [0.1, 0.15) is 23.3 Å². The van der Waals surface area contributed by atoms with Gasteiger partial charge in [-0.3, -0.25) is 9.69 Å². The van der Waals surface area contributed by atoms with Gasteiger partial charge in [-0.1, -0.05) is 0 Å². The highest BCUT2D eigenvalue weighted by atomic mass is 16.5. The molecule has 1 N–H and O–H groups in total. The van der Waals surface area contributed by atoms with E-state index in [1.807, 2.05) is 0 Å². The fourth-order valence-corrected chi connectivity index (χ4v) is 3.68. The number of carbonyl (C=O) groups excluding carboxylic acids is 1. The van der Waals surface area contributed by atoms with Crippen LogP contribution in [0.4, 0.5) is 0 Å². The van der Waals surface area contributed by atoms with Crippen LogP contribution in [0, 0.1) is 0 Å². The number of rotatable bonds is 6. The third kappa shape index (κ3) is 4.61. The van der Waals surface area contributed by atoms with Gasteiger partial charge < -0.3 is 23.9 Å². The smallest absolute Gasteiger partial charge is 0.338 e. The van der Waals surface area contributed by atoms with E-state index in [4.69, 9.17) is 13.9 Å². The van der Waals surface area contributed by atoms with Crippen molar-refractivity contribution in [3.8, 4) is 17.2 Å². The second kappa shape index (κ2) is 9.42. The molecule has 8 nitrogen and oxygen atoms in total. The third-order valence-electron chi connectivity index (χ3n) is 5.56. The number of phenolic OH excluding ortho intramolecular Hbond substituents is 1. The maximum atomic E-state index is 13.0. The molecule has 0 saturated carbocycles. The van der Waals surface area contributed by atoms with Gasteiger partial charge in [-0.2, -0.15) is 0 Å². The van der Waals surface area contributed by atoms with Gasteiger partial charge in [0.15, 0.2) is 0 Å². The van der Waals surface area contributed by atoms with Crippen molar-refractivity contribution in [1.29, 1.82) is 0 Å². The van der Waals surface area contributed by atoms with E-state index in [1.54, 1.807) is 37.3 Å². The fourth-order valence-electron chi connectivity index (χ4n) is 3.68. The summed E-state index contributed by atoms with van der Waals surface area (Å²) in [5, 5.41) is 10.8. The Morgan fingerprint density at radius 3 is 2.50 bits per heavy atom. The molecule has 0 aliphatic carbocycles. The number of nitrogens with zero attached hydrogens (tertiary/aromatic N) is 2. The molecule has 0 bridgehead atoms. The van der Waals surface area contributed by atoms with Gasteiger partial charge in [-0.05, 0) is 50.4 Å². The van der Waals surface area contributed by atoms with Gasteiger partial charge in [0.25, 0.3) is 0 Å². The second-order valence-corrected chi connectivity index (χ2v) is 7.80. The zero-order valence-electron chi connectivity index (χ0n) is 18.2. The summed E-state index contributed by atoms with van der Waals surface area (Å²) in [6.07, 6.45) is 1.26. The van der Waals surface area contributed by atoms with E-state index in [0.29, 0.717) is 41.0 Å². The van der Waals surface area contributed by atoms with Crippen molar-refractivity contribution in [2.45, 2.75) is 13.5 Å². The molecular weight excluding hydrogens is 412 g/mol. The Balaban J connectivity index is 1.58. The number of hydrogen-bond acceptors (Lipinski definition) is 8. The van der Waals surface area contributed by atoms with Crippen molar-refractivity contribution in [3.63, 3.8) is 0 Å². The number of hydrogen-bond donors (Lipinski definition) is 1. The number of likely N-dealkylation sites (N-methyl/N-ethyl adjacent to an activating group) is 1. The average Bonchev–Trinajstić information content (AvgIpc) is 2.79. The van der Waals surface area contributed by atoms with E-state index < -0.39 is 5.97 Å². The highest BCUT2D eigenvalue weighted by Crippen LogP contribution is 2.30. The van der Waals surface area contributed by atoms with Crippen LogP contribution in [0.15, 0.2) is 51.9 Å². The zero-order valence-corrected chi connectivity index (χ0v) is 18.2. The lowest BCUT2D eigenvalue weighted by molar-refractivity contribution is 0.0526. The SMILES string of the molecule is CCOC(=O)c1ccc(Oc2coc3c(CN4CCN(C)CC4)c(O)ccc3c2=O)cc1. The molecule has 1 saturated heterocycles. The van der Waals surface area contributed by atoms with E-state index in [0.717, 1.165) is 26.2 Å². The molecule has 2 heterocycles. The number of fused-ring (bicyclic) bond motifs is 1. The minimum atomic E-state index is -0.419. The van der Waals surface area contributed by atoms with Crippen molar-refractivity contribution in [3.05, 3.63) is 64.0 Å². The Labute approximate surface area is 185 Å². The monoisotopic (exact) mass is 438 g/mol. The van der Waals surface area contributed by atoms with Crippen LogP contribution in [0.5, 0.6) is 17.2 Å². The first-order valence-electron chi connectivity index (χ1n) is 10.6. The van der Waals surface area contributed by atoms with Crippen LogP contribution >= 0.6 is 0 Å². The van der Waals surface area contributed by atoms with E-state index in [2.05, 4.69) is 16.8 Å². The van der Waals surface area contributed by atoms with E-state index in [-0.39, 0.29) is 16.9 Å². The third-order valence-corrected chi connectivity index (χ3v) is 5.56. The molecule has 0 radical (unpaired) electrons. The molecular formula is C24H26N2O6. The highest BCUT2D eigenvalue weighted by Gasteiger charge is 2.20. The Morgan fingerprint density at radius 1 is 1.09 bits per heavy atom. The first kappa shape index (κ1) is 21.9. The van der Waals surface area contributed by atoms with Crippen LogP contribution < -0.4 is 10.2 Å². The van der Waals surface area contributed by atoms with Crippen molar-refractivity contribution in [2.24, 2.45) is 0 Å². The normalized spacial score (nSPS) is 15.1. The molecule has 0 spiro atoms.